The zero-order chi connectivity index (χ0) is 33.1. The number of rotatable bonds is 13. The van der Waals surface area contributed by atoms with Crippen LogP contribution in [0, 0.1) is 0 Å². The van der Waals surface area contributed by atoms with Crippen molar-refractivity contribution < 1.29 is 19.1 Å². The molecule has 1 aliphatic rings. The number of hydrogen-bond acceptors (Lipinski definition) is 9. The molecule has 2 aromatic carbocycles. The van der Waals surface area contributed by atoms with Crippen molar-refractivity contribution >= 4 is 34.4 Å². The average molecular weight is 646 g/mol. The number of nitrogens with zero attached hydrogens (tertiary/aromatic N) is 3. The minimum Gasteiger partial charge on any atom is -0.444 e. The number of nitrogens with one attached hydrogen (secondary N) is 4. The van der Waals surface area contributed by atoms with Crippen molar-refractivity contribution in [2.45, 2.75) is 77.9 Å². The van der Waals surface area contributed by atoms with Gasteiger partial charge in [0.1, 0.15) is 16.4 Å². The minimum atomic E-state index is -0.578. The van der Waals surface area contributed by atoms with E-state index < -0.39 is 11.7 Å². The molecule has 0 bridgehead atoms. The summed E-state index contributed by atoms with van der Waals surface area (Å²) in [6.45, 7) is 7.33. The van der Waals surface area contributed by atoms with E-state index in [1.807, 2.05) is 101 Å². The van der Waals surface area contributed by atoms with Crippen LogP contribution in [-0.4, -0.2) is 45.8 Å². The topological polar surface area (TPSA) is 138 Å². The fourth-order valence-corrected chi connectivity index (χ4v) is 5.52. The molecule has 0 saturated heterocycles. The Morgan fingerprint density at radius 2 is 1.61 bits per heavy atom. The Bertz CT molecular complexity index is 1560. The van der Waals surface area contributed by atoms with E-state index in [1.54, 1.807) is 5.01 Å². The molecule has 0 fully saturated rings. The molecule has 0 radical (unpaired) electrons. The normalized spacial score (nSPS) is 13.5. The second-order valence-electron chi connectivity index (χ2n) is 12.2. The standard InChI is InChI=1S/C34H43N7O4S/c1-23(35-33(44)45-34(2,3)4)26-15-11-14-25(20-26)22-29(42)36-28-19-18-27(40-41(28)5)16-9-10-17-31-38-39-32(46-31)37-30(43)21-24-12-7-6-8-13-24/h6-8,11-15,18-20,23,40H,9-10,16-17,21-22H2,1-5H3,(H,35,44)(H,36,42)(H,37,39,43). The van der Waals surface area contributed by atoms with Gasteiger partial charge in [0.25, 0.3) is 0 Å². The van der Waals surface area contributed by atoms with Crippen LogP contribution in [0.2, 0.25) is 0 Å². The number of allylic oxidation sites excluding steroid dienone is 3. The predicted molar refractivity (Wildman–Crippen MR) is 179 cm³/mol. The molecule has 1 aliphatic heterocycles. The van der Waals surface area contributed by atoms with Crippen LogP contribution >= 0.6 is 11.3 Å². The van der Waals surface area contributed by atoms with Crippen LogP contribution < -0.4 is 21.4 Å². The quantitative estimate of drug-likeness (QED) is 0.178. The number of carbonyl (C=O) groups is 3. The molecule has 2 heterocycles. The zero-order valence-corrected chi connectivity index (χ0v) is 27.9. The van der Waals surface area contributed by atoms with Crippen molar-refractivity contribution in [2.24, 2.45) is 0 Å². The molecule has 1 unspecified atom stereocenters. The molecule has 4 N–H and O–H groups in total. The number of hydrazine groups is 1. The van der Waals surface area contributed by atoms with Gasteiger partial charge in [-0.3, -0.25) is 14.6 Å². The van der Waals surface area contributed by atoms with Gasteiger partial charge < -0.3 is 26.1 Å². The summed E-state index contributed by atoms with van der Waals surface area (Å²) in [4.78, 5) is 37.3. The molecule has 0 spiro atoms. The van der Waals surface area contributed by atoms with Crippen molar-refractivity contribution in [3.63, 3.8) is 0 Å². The lowest BCUT2D eigenvalue weighted by molar-refractivity contribution is -0.120. The zero-order valence-electron chi connectivity index (χ0n) is 27.1. The maximum atomic E-state index is 12.9. The van der Waals surface area contributed by atoms with Crippen LogP contribution in [-0.2, 0) is 33.6 Å². The summed E-state index contributed by atoms with van der Waals surface area (Å²) in [5, 5.41) is 20.2. The van der Waals surface area contributed by atoms with E-state index in [2.05, 4.69) is 31.6 Å². The maximum absolute atomic E-state index is 12.9. The Morgan fingerprint density at radius 1 is 0.913 bits per heavy atom. The molecule has 3 amide bonds. The van der Waals surface area contributed by atoms with E-state index in [1.165, 1.54) is 11.3 Å². The van der Waals surface area contributed by atoms with Gasteiger partial charge in [0.15, 0.2) is 0 Å². The minimum absolute atomic E-state index is 0.106. The summed E-state index contributed by atoms with van der Waals surface area (Å²) >= 11 is 1.41. The largest absolute Gasteiger partial charge is 0.444 e. The van der Waals surface area contributed by atoms with Gasteiger partial charge >= 0.3 is 6.09 Å². The highest BCUT2D eigenvalue weighted by Crippen LogP contribution is 2.20. The average Bonchev–Trinajstić information content (AvgIpc) is 3.43. The number of hydrogen-bond donors (Lipinski definition) is 4. The van der Waals surface area contributed by atoms with Gasteiger partial charge in [-0.2, -0.15) is 0 Å². The van der Waals surface area contributed by atoms with Crippen molar-refractivity contribution in [3.8, 4) is 0 Å². The van der Waals surface area contributed by atoms with E-state index >= 15 is 0 Å². The second-order valence-corrected chi connectivity index (χ2v) is 13.2. The molecule has 0 aliphatic carbocycles. The van der Waals surface area contributed by atoms with Gasteiger partial charge in [-0.1, -0.05) is 65.9 Å². The third kappa shape index (κ3) is 11.3. The highest BCUT2D eigenvalue weighted by molar-refractivity contribution is 7.15. The fourth-order valence-electron chi connectivity index (χ4n) is 4.72. The highest BCUT2D eigenvalue weighted by Gasteiger charge is 2.19. The molecule has 46 heavy (non-hydrogen) atoms. The SMILES string of the molecule is CC(NC(=O)OC(C)(C)C)c1cccc(CC(=O)NC2=CC=C(CCCCc3nnc(NC(=O)Cc4ccccc4)s3)NN2C)c1. The third-order valence-electron chi connectivity index (χ3n) is 6.94. The maximum Gasteiger partial charge on any atom is 0.408 e. The molecule has 12 heteroatoms. The number of amides is 3. The molecular weight excluding hydrogens is 602 g/mol. The first-order chi connectivity index (χ1) is 21.9. The Labute approximate surface area is 274 Å². The van der Waals surface area contributed by atoms with Crippen molar-refractivity contribution in [2.75, 3.05) is 12.4 Å². The lowest BCUT2D eigenvalue weighted by Gasteiger charge is -2.29. The second kappa shape index (κ2) is 16.0. The van der Waals surface area contributed by atoms with E-state index in [0.29, 0.717) is 17.4 Å². The van der Waals surface area contributed by atoms with Crippen molar-refractivity contribution in [1.29, 1.82) is 0 Å². The molecule has 0 saturated carbocycles. The molecule has 1 atom stereocenters. The first kappa shape index (κ1) is 34.2. The molecule has 11 nitrogen and oxygen atoms in total. The number of unbranched alkanes of at least 4 members (excludes halogenated alkanes) is 1. The Hall–Kier alpha value is -4.71. The number of anilines is 1. The van der Waals surface area contributed by atoms with Gasteiger partial charge in [0, 0.05) is 19.2 Å². The van der Waals surface area contributed by atoms with Crippen LogP contribution in [0.3, 0.4) is 0 Å². The van der Waals surface area contributed by atoms with Crippen LogP contribution in [0.15, 0.2) is 78.3 Å². The summed E-state index contributed by atoms with van der Waals surface area (Å²) in [7, 11) is 1.86. The number of aromatic nitrogens is 2. The summed E-state index contributed by atoms with van der Waals surface area (Å²) in [5.74, 6) is 0.403. The van der Waals surface area contributed by atoms with Gasteiger partial charge in [0.05, 0.1) is 18.9 Å². The highest BCUT2D eigenvalue weighted by atomic mass is 32.1. The van der Waals surface area contributed by atoms with Gasteiger partial charge in [0.2, 0.25) is 16.9 Å². The number of ether oxygens (including phenoxy) is 1. The van der Waals surface area contributed by atoms with E-state index in [9.17, 15) is 14.4 Å². The molecule has 4 rings (SSSR count). The third-order valence-corrected chi connectivity index (χ3v) is 7.84. The van der Waals surface area contributed by atoms with Crippen LogP contribution in [0.4, 0.5) is 9.93 Å². The first-order valence-electron chi connectivity index (χ1n) is 15.4. The lowest BCUT2D eigenvalue weighted by Crippen LogP contribution is -2.42. The summed E-state index contributed by atoms with van der Waals surface area (Å²) < 4.78 is 5.35. The van der Waals surface area contributed by atoms with Crippen LogP contribution in [0.25, 0.3) is 0 Å². The number of alkyl carbamates (subject to hydrolysis) is 1. The number of benzene rings is 2. The molecule has 1 aromatic heterocycles. The number of carbonyl (C=O) groups excluding carboxylic acids is 3. The van der Waals surface area contributed by atoms with E-state index in [0.717, 1.165) is 53.1 Å². The Morgan fingerprint density at radius 3 is 2.35 bits per heavy atom. The van der Waals surface area contributed by atoms with Crippen molar-refractivity contribution in [3.05, 3.63) is 100.0 Å². The summed E-state index contributed by atoms with van der Waals surface area (Å²) in [6, 6.07) is 16.9. The van der Waals surface area contributed by atoms with Crippen LogP contribution in [0.5, 0.6) is 0 Å². The van der Waals surface area contributed by atoms with Gasteiger partial charge in [-0.15, -0.1) is 10.2 Å². The Balaban J connectivity index is 1.18. The van der Waals surface area contributed by atoms with E-state index in [-0.39, 0.29) is 24.3 Å². The first-order valence-corrected chi connectivity index (χ1v) is 16.2. The molecule has 244 valence electrons. The fraction of sp³-hybridized carbons (Fsp3) is 0.382. The predicted octanol–water partition coefficient (Wildman–Crippen LogP) is 5.55. The van der Waals surface area contributed by atoms with Gasteiger partial charge in [-0.25, -0.2) is 4.79 Å². The van der Waals surface area contributed by atoms with Gasteiger partial charge in [-0.05, 0) is 75.8 Å². The lowest BCUT2D eigenvalue weighted by atomic mass is 10.0. The molecular formula is C34H43N7O4S. The van der Waals surface area contributed by atoms with Crippen LogP contribution in [0.1, 0.15) is 74.7 Å². The monoisotopic (exact) mass is 645 g/mol. The smallest absolute Gasteiger partial charge is 0.408 e. The molecule has 3 aromatic rings. The number of aryl methyl sites for hydroxylation is 1. The van der Waals surface area contributed by atoms with E-state index in [4.69, 9.17) is 4.74 Å². The summed E-state index contributed by atoms with van der Waals surface area (Å²) in [6.07, 6.45) is 7.36. The van der Waals surface area contributed by atoms with Crippen molar-refractivity contribution in [1.82, 2.24) is 31.3 Å². The Kier molecular flexibility index (Phi) is 11.9. The summed E-state index contributed by atoms with van der Waals surface area (Å²) in [5.41, 5.74) is 6.47.